The highest BCUT2D eigenvalue weighted by Crippen LogP contribution is 2.27. The molecule has 27 heavy (non-hydrogen) atoms. The van der Waals surface area contributed by atoms with Crippen LogP contribution in [0.25, 0.3) is 6.08 Å². The molecule has 0 bridgehead atoms. The molecule has 0 radical (unpaired) electrons. The van der Waals surface area contributed by atoms with Crippen molar-refractivity contribution in [3.8, 4) is 17.2 Å². The van der Waals surface area contributed by atoms with Crippen molar-refractivity contribution < 1.29 is 14.3 Å². The Morgan fingerprint density at radius 1 is 0.963 bits per heavy atom. The topological polar surface area (TPSA) is 47.6 Å². The van der Waals surface area contributed by atoms with E-state index < -0.39 is 5.41 Å². The summed E-state index contributed by atoms with van der Waals surface area (Å²) in [5.74, 6) is 1.76. The average molecular weight is 365 g/mol. The number of hydrogen-bond acceptors (Lipinski definition) is 4. The first-order valence-corrected chi connectivity index (χ1v) is 9.40. The number of nitrogens with one attached hydrogen (secondary N) is 1. The molecule has 0 saturated carbocycles. The second-order valence-corrected chi connectivity index (χ2v) is 7.84. The number of ether oxygens (including phenoxy) is 2. The summed E-state index contributed by atoms with van der Waals surface area (Å²) in [5, 5.41) is 3.37. The zero-order valence-electron chi connectivity index (χ0n) is 16.2. The molecule has 0 spiro atoms. The van der Waals surface area contributed by atoms with Gasteiger partial charge < -0.3 is 14.8 Å². The summed E-state index contributed by atoms with van der Waals surface area (Å²) < 4.78 is 11.3. The summed E-state index contributed by atoms with van der Waals surface area (Å²) in [6.45, 7) is 7.60. The van der Waals surface area contributed by atoms with Crippen LogP contribution in [0.4, 0.5) is 0 Å². The van der Waals surface area contributed by atoms with Crippen LogP contribution in [0.3, 0.4) is 0 Å². The first-order valence-electron chi connectivity index (χ1n) is 9.40. The van der Waals surface area contributed by atoms with E-state index in [1.54, 1.807) is 12.1 Å². The molecule has 1 aliphatic rings. The first kappa shape index (κ1) is 19.2. The fraction of sp³-hybridized carbons (Fsp3) is 0.348. The van der Waals surface area contributed by atoms with Crippen LogP contribution in [0.15, 0.2) is 54.1 Å². The third-order valence-electron chi connectivity index (χ3n) is 4.36. The molecule has 4 heteroatoms. The monoisotopic (exact) mass is 365 g/mol. The van der Waals surface area contributed by atoms with Crippen molar-refractivity contribution in [3.05, 3.63) is 59.7 Å². The fourth-order valence-electron chi connectivity index (χ4n) is 2.77. The van der Waals surface area contributed by atoms with E-state index in [-0.39, 0.29) is 5.97 Å². The van der Waals surface area contributed by atoms with Crippen LogP contribution in [0.1, 0.15) is 39.2 Å². The van der Waals surface area contributed by atoms with Crippen molar-refractivity contribution in [1.82, 2.24) is 5.32 Å². The highest BCUT2D eigenvalue weighted by atomic mass is 16.5. The minimum Gasteiger partial charge on any atom is -0.457 e. The Morgan fingerprint density at radius 3 is 2.30 bits per heavy atom. The fourth-order valence-corrected chi connectivity index (χ4v) is 2.77. The van der Waals surface area contributed by atoms with Gasteiger partial charge in [-0.15, -0.1) is 0 Å². The van der Waals surface area contributed by atoms with E-state index >= 15 is 0 Å². The summed E-state index contributed by atoms with van der Waals surface area (Å²) in [4.78, 5) is 11.9. The van der Waals surface area contributed by atoms with E-state index in [4.69, 9.17) is 9.47 Å². The van der Waals surface area contributed by atoms with E-state index in [0.717, 1.165) is 37.2 Å². The molecular weight excluding hydrogens is 338 g/mol. The van der Waals surface area contributed by atoms with Gasteiger partial charge >= 0.3 is 5.97 Å². The van der Waals surface area contributed by atoms with Crippen molar-refractivity contribution in [3.63, 3.8) is 0 Å². The summed E-state index contributed by atoms with van der Waals surface area (Å²) in [7, 11) is 0. The molecule has 142 valence electrons. The number of rotatable bonds is 4. The van der Waals surface area contributed by atoms with E-state index in [1.807, 2.05) is 51.1 Å². The smallest absolute Gasteiger partial charge is 0.316 e. The summed E-state index contributed by atoms with van der Waals surface area (Å²) in [6.07, 6.45) is 4.45. The minimum atomic E-state index is -0.529. The lowest BCUT2D eigenvalue weighted by Crippen LogP contribution is -2.25. The summed E-state index contributed by atoms with van der Waals surface area (Å²) in [6, 6.07) is 15.2. The quantitative estimate of drug-likeness (QED) is 0.598. The minimum absolute atomic E-state index is 0.255. The normalized spacial score (nSPS) is 14.6. The van der Waals surface area contributed by atoms with Crippen LogP contribution >= 0.6 is 0 Å². The largest absolute Gasteiger partial charge is 0.457 e. The number of carbonyl (C=O) groups excluding carboxylic acids is 1. The molecular formula is C23H27NO3. The molecule has 0 aromatic heterocycles. The van der Waals surface area contributed by atoms with Gasteiger partial charge in [-0.25, -0.2) is 0 Å². The van der Waals surface area contributed by atoms with Gasteiger partial charge in [-0.05, 0) is 88.7 Å². The Labute approximate surface area is 161 Å². The van der Waals surface area contributed by atoms with Gasteiger partial charge in [-0.3, -0.25) is 4.79 Å². The van der Waals surface area contributed by atoms with Crippen molar-refractivity contribution in [2.24, 2.45) is 5.41 Å². The SMILES string of the molecule is CC(C)(C)C(=O)Oc1ccc(Oc2cccc(C=C3CCNCC3)c2)cc1. The van der Waals surface area contributed by atoms with Crippen molar-refractivity contribution in [2.75, 3.05) is 13.1 Å². The maximum atomic E-state index is 11.9. The molecule has 2 aromatic carbocycles. The van der Waals surface area contributed by atoms with Crippen LogP contribution in [-0.2, 0) is 4.79 Å². The van der Waals surface area contributed by atoms with Crippen molar-refractivity contribution in [2.45, 2.75) is 33.6 Å². The van der Waals surface area contributed by atoms with Crippen LogP contribution in [0.2, 0.25) is 0 Å². The Morgan fingerprint density at radius 2 is 1.63 bits per heavy atom. The molecule has 1 aliphatic heterocycles. The van der Waals surface area contributed by atoms with Crippen LogP contribution in [-0.4, -0.2) is 19.1 Å². The van der Waals surface area contributed by atoms with Crippen molar-refractivity contribution >= 4 is 12.0 Å². The van der Waals surface area contributed by atoms with E-state index in [0.29, 0.717) is 11.5 Å². The Bertz CT molecular complexity index is 808. The number of hydrogen-bond donors (Lipinski definition) is 1. The van der Waals surface area contributed by atoms with E-state index in [1.165, 1.54) is 5.57 Å². The Hall–Kier alpha value is -2.59. The van der Waals surface area contributed by atoms with Gasteiger partial charge in [-0.2, -0.15) is 0 Å². The predicted octanol–water partition coefficient (Wildman–Crippen LogP) is 5.20. The second kappa shape index (κ2) is 8.40. The first-order chi connectivity index (χ1) is 12.9. The standard InChI is InChI=1S/C23H27NO3/c1-23(2,3)22(25)27-20-9-7-19(8-10-20)26-21-6-4-5-18(16-21)15-17-11-13-24-14-12-17/h4-10,15-16,24H,11-14H2,1-3H3. The van der Waals surface area contributed by atoms with Gasteiger partial charge in [0, 0.05) is 0 Å². The molecule has 0 aliphatic carbocycles. The zero-order valence-corrected chi connectivity index (χ0v) is 16.2. The molecule has 0 atom stereocenters. The van der Waals surface area contributed by atoms with Crippen LogP contribution in [0, 0.1) is 5.41 Å². The van der Waals surface area contributed by atoms with Crippen LogP contribution in [0.5, 0.6) is 17.2 Å². The summed E-state index contributed by atoms with van der Waals surface area (Å²) in [5.41, 5.74) is 2.09. The molecule has 0 unspecified atom stereocenters. The molecule has 3 rings (SSSR count). The predicted molar refractivity (Wildman–Crippen MR) is 108 cm³/mol. The van der Waals surface area contributed by atoms with E-state index in [9.17, 15) is 4.79 Å². The lowest BCUT2D eigenvalue weighted by molar-refractivity contribution is -0.143. The summed E-state index contributed by atoms with van der Waals surface area (Å²) >= 11 is 0. The third-order valence-corrected chi connectivity index (χ3v) is 4.36. The molecule has 2 aromatic rings. The van der Waals surface area contributed by atoms with Gasteiger partial charge in [0.1, 0.15) is 17.2 Å². The maximum absolute atomic E-state index is 11.9. The highest BCUT2D eigenvalue weighted by Gasteiger charge is 2.23. The molecule has 4 nitrogen and oxygen atoms in total. The van der Waals surface area contributed by atoms with Gasteiger partial charge in [0.2, 0.25) is 0 Å². The molecule has 1 N–H and O–H groups in total. The van der Waals surface area contributed by atoms with Gasteiger partial charge in [0.05, 0.1) is 5.41 Å². The lowest BCUT2D eigenvalue weighted by atomic mass is 9.97. The van der Waals surface area contributed by atoms with Crippen LogP contribution < -0.4 is 14.8 Å². The third kappa shape index (κ3) is 5.69. The van der Waals surface area contributed by atoms with Gasteiger partial charge in [-0.1, -0.05) is 23.8 Å². The Kier molecular flexibility index (Phi) is 5.97. The Balaban J connectivity index is 1.65. The zero-order chi connectivity index (χ0) is 19.3. The highest BCUT2D eigenvalue weighted by molar-refractivity contribution is 5.77. The average Bonchev–Trinajstić information content (AvgIpc) is 2.64. The molecule has 1 saturated heterocycles. The molecule has 0 amide bonds. The number of benzene rings is 2. The van der Waals surface area contributed by atoms with Gasteiger partial charge in [0.25, 0.3) is 0 Å². The van der Waals surface area contributed by atoms with Gasteiger partial charge in [0.15, 0.2) is 0 Å². The number of carbonyl (C=O) groups is 1. The van der Waals surface area contributed by atoms with E-state index in [2.05, 4.69) is 17.5 Å². The number of esters is 1. The maximum Gasteiger partial charge on any atom is 0.316 e. The second-order valence-electron chi connectivity index (χ2n) is 7.84. The lowest BCUT2D eigenvalue weighted by Gasteiger charge is -2.16. The van der Waals surface area contributed by atoms with Crippen molar-refractivity contribution in [1.29, 1.82) is 0 Å². The number of piperidine rings is 1. The molecule has 1 heterocycles. The molecule has 1 fully saturated rings.